The molecular weight excluding hydrogens is 374 g/mol. The van der Waals surface area contributed by atoms with Crippen LogP contribution in [0.4, 0.5) is 0 Å². The monoisotopic (exact) mass is 395 g/mol. The van der Waals surface area contributed by atoms with Gasteiger partial charge in [0.15, 0.2) is 11.0 Å². The summed E-state index contributed by atoms with van der Waals surface area (Å²) in [6, 6.07) is 13.8. The van der Waals surface area contributed by atoms with Gasteiger partial charge in [-0.05, 0) is 37.1 Å². The fourth-order valence-electron chi connectivity index (χ4n) is 2.79. The molecule has 0 aliphatic heterocycles. The number of pyridine rings is 1. The van der Waals surface area contributed by atoms with Gasteiger partial charge in [-0.2, -0.15) is 0 Å². The standard InChI is InChI=1S/C20H21N5O2S/c26-18(22-11-12-27-17-6-2-1-3-7-17)14-28-20-24-23-19(25(20)16-8-9-16)15-5-4-10-21-13-15/h1-7,10,13,16H,8-9,11-12,14H2,(H,22,26). The first-order valence-electron chi connectivity index (χ1n) is 9.24. The second kappa shape index (κ2) is 8.88. The van der Waals surface area contributed by atoms with E-state index in [2.05, 4.69) is 25.1 Å². The van der Waals surface area contributed by atoms with E-state index in [4.69, 9.17) is 4.74 Å². The van der Waals surface area contributed by atoms with Gasteiger partial charge in [0.05, 0.1) is 12.3 Å². The molecule has 1 aromatic carbocycles. The van der Waals surface area contributed by atoms with Crippen LogP contribution in [0.1, 0.15) is 18.9 Å². The lowest BCUT2D eigenvalue weighted by molar-refractivity contribution is -0.118. The highest BCUT2D eigenvalue weighted by molar-refractivity contribution is 7.99. The largest absolute Gasteiger partial charge is 0.492 e. The van der Waals surface area contributed by atoms with Gasteiger partial charge < -0.3 is 10.1 Å². The van der Waals surface area contributed by atoms with Gasteiger partial charge in [-0.15, -0.1) is 10.2 Å². The maximum atomic E-state index is 12.1. The molecule has 8 heteroatoms. The molecule has 1 aliphatic carbocycles. The average Bonchev–Trinajstić information content (AvgIpc) is 3.50. The third-order valence-electron chi connectivity index (χ3n) is 4.26. The second-order valence-electron chi connectivity index (χ2n) is 6.45. The number of aromatic nitrogens is 4. The minimum Gasteiger partial charge on any atom is -0.492 e. The molecule has 2 aromatic heterocycles. The SMILES string of the molecule is O=C(CSc1nnc(-c2cccnc2)n1C1CC1)NCCOc1ccccc1. The fraction of sp³-hybridized carbons (Fsp3) is 0.300. The van der Waals surface area contributed by atoms with Crippen LogP contribution in [0.5, 0.6) is 5.75 Å². The van der Waals surface area contributed by atoms with Gasteiger partial charge in [0.2, 0.25) is 5.91 Å². The van der Waals surface area contributed by atoms with E-state index in [0.717, 1.165) is 35.1 Å². The molecule has 4 rings (SSSR count). The van der Waals surface area contributed by atoms with E-state index in [1.807, 2.05) is 42.5 Å². The molecule has 1 aliphatic rings. The molecule has 144 valence electrons. The lowest BCUT2D eigenvalue weighted by atomic mass is 10.3. The van der Waals surface area contributed by atoms with Gasteiger partial charge in [-0.1, -0.05) is 30.0 Å². The number of carbonyl (C=O) groups is 1. The van der Waals surface area contributed by atoms with Crippen molar-refractivity contribution in [2.24, 2.45) is 0 Å². The van der Waals surface area contributed by atoms with E-state index in [9.17, 15) is 4.79 Å². The summed E-state index contributed by atoms with van der Waals surface area (Å²) in [5.74, 6) is 1.86. The Morgan fingerprint density at radius 1 is 1.18 bits per heavy atom. The zero-order chi connectivity index (χ0) is 19.2. The lowest BCUT2D eigenvalue weighted by Crippen LogP contribution is -2.29. The van der Waals surface area contributed by atoms with E-state index in [1.54, 1.807) is 12.4 Å². The Balaban J connectivity index is 1.29. The molecule has 0 unspecified atom stereocenters. The van der Waals surface area contributed by atoms with Crippen molar-refractivity contribution in [1.82, 2.24) is 25.1 Å². The number of carbonyl (C=O) groups excluding carboxylic acids is 1. The lowest BCUT2D eigenvalue weighted by Gasteiger charge is -2.09. The van der Waals surface area contributed by atoms with Crippen molar-refractivity contribution in [3.05, 3.63) is 54.9 Å². The van der Waals surface area contributed by atoms with E-state index in [0.29, 0.717) is 24.9 Å². The molecule has 3 aromatic rings. The number of ether oxygens (including phenoxy) is 1. The third kappa shape index (κ3) is 4.69. The van der Waals surface area contributed by atoms with Crippen molar-refractivity contribution in [2.45, 2.75) is 24.0 Å². The first-order chi connectivity index (χ1) is 13.8. The number of hydrogen-bond donors (Lipinski definition) is 1. The molecule has 0 saturated heterocycles. The smallest absolute Gasteiger partial charge is 0.230 e. The number of benzene rings is 1. The van der Waals surface area contributed by atoms with Crippen LogP contribution >= 0.6 is 11.8 Å². The molecule has 1 amide bonds. The highest BCUT2D eigenvalue weighted by Crippen LogP contribution is 2.40. The first kappa shape index (κ1) is 18.5. The van der Waals surface area contributed by atoms with Crippen LogP contribution in [0.15, 0.2) is 60.0 Å². The molecule has 1 fully saturated rings. The minimum atomic E-state index is -0.0464. The van der Waals surface area contributed by atoms with Crippen molar-refractivity contribution in [3.63, 3.8) is 0 Å². The number of rotatable bonds is 9. The Labute approximate surface area is 167 Å². The van der Waals surface area contributed by atoms with Crippen LogP contribution in [0, 0.1) is 0 Å². The second-order valence-corrected chi connectivity index (χ2v) is 7.39. The summed E-state index contributed by atoms with van der Waals surface area (Å²) >= 11 is 1.41. The topological polar surface area (TPSA) is 81.9 Å². The van der Waals surface area contributed by atoms with Crippen molar-refractivity contribution in [3.8, 4) is 17.1 Å². The van der Waals surface area contributed by atoms with Gasteiger partial charge in [0.25, 0.3) is 0 Å². The molecule has 0 radical (unpaired) electrons. The molecule has 1 saturated carbocycles. The number of para-hydroxylation sites is 1. The fourth-order valence-corrected chi connectivity index (χ4v) is 3.62. The average molecular weight is 395 g/mol. The molecule has 28 heavy (non-hydrogen) atoms. The van der Waals surface area contributed by atoms with Crippen molar-refractivity contribution < 1.29 is 9.53 Å². The van der Waals surface area contributed by atoms with Crippen LogP contribution in [-0.2, 0) is 4.79 Å². The minimum absolute atomic E-state index is 0.0464. The highest BCUT2D eigenvalue weighted by atomic mass is 32.2. The summed E-state index contributed by atoms with van der Waals surface area (Å²) in [6.07, 6.45) is 5.75. The van der Waals surface area contributed by atoms with Crippen molar-refractivity contribution in [2.75, 3.05) is 18.9 Å². The van der Waals surface area contributed by atoms with E-state index in [-0.39, 0.29) is 5.91 Å². The molecule has 7 nitrogen and oxygen atoms in total. The predicted molar refractivity (Wildman–Crippen MR) is 107 cm³/mol. The molecular formula is C20H21N5O2S. The molecule has 1 N–H and O–H groups in total. The Morgan fingerprint density at radius 3 is 2.79 bits per heavy atom. The van der Waals surface area contributed by atoms with Gasteiger partial charge >= 0.3 is 0 Å². The molecule has 0 atom stereocenters. The number of nitrogens with zero attached hydrogens (tertiary/aromatic N) is 4. The normalized spacial score (nSPS) is 13.3. The Morgan fingerprint density at radius 2 is 2.04 bits per heavy atom. The summed E-state index contributed by atoms with van der Waals surface area (Å²) in [5.41, 5.74) is 0.941. The molecule has 0 spiro atoms. The molecule has 2 heterocycles. The highest BCUT2D eigenvalue weighted by Gasteiger charge is 2.30. The first-order valence-corrected chi connectivity index (χ1v) is 10.2. The van der Waals surface area contributed by atoms with E-state index < -0.39 is 0 Å². The summed E-state index contributed by atoms with van der Waals surface area (Å²) in [6.45, 7) is 0.897. The maximum absolute atomic E-state index is 12.1. The number of hydrogen-bond acceptors (Lipinski definition) is 6. The van der Waals surface area contributed by atoms with Gasteiger partial charge in [-0.25, -0.2) is 0 Å². The Bertz CT molecular complexity index is 913. The number of amides is 1. The number of thioether (sulfide) groups is 1. The van der Waals surface area contributed by atoms with Crippen LogP contribution in [-0.4, -0.2) is 44.6 Å². The summed E-state index contributed by atoms with van der Waals surface area (Å²) < 4.78 is 7.71. The van der Waals surface area contributed by atoms with E-state index in [1.165, 1.54) is 11.8 Å². The van der Waals surface area contributed by atoms with Crippen LogP contribution < -0.4 is 10.1 Å². The van der Waals surface area contributed by atoms with Crippen LogP contribution in [0.2, 0.25) is 0 Å². The van der Waals surface area contributed by atoms with Crippen molar-refractivity contribution >= 4 is 17.7 Å². The zero-order valence-electron chi connectivity index (χ0n) is 15.3. The predicted octanol–water partition coefficient (Wildman–Crippen LogP) is 2.96. The Hall–Kier alpha value is -2.87. The summed E-state index contributed by atoms with van der Waals surface area (Å²) in [7, 11) is 0. The molecule has 0 bridgehead atoms. The quantitative estimate of drug-likeness (QED) is 0.443. The van der Waals surface area contributed by atoms with Crippen LogP contribution in [0.25, 0.3) is 11.4 Å². The van der Waals surface area contributed by atoms with Crippen LogP contribution in [0.3, 0.4) is 0 Å². The van der Waals surface area contributed by atoms with E-state index >= 15 is 0 Å². The van der Waals surface area contributed by atoms with Gasteiger partial charge in [0.1, 0.15) is 12.4 Å². The third-order valence-corrected chi connectivity index (χ3v) is 5.21. The summed E-state index contributed by atoms with van der Waals surface area (Å²) in [4.78, 5) is 16.3. The van der Waals surface area contributed by atoms with Gasteiger partial charge in [-0.3, -0.25) is 14.3 Å². The number of nitrogens with one attached hydrogen (secondary N) is 1. The van der Waals surface area contributed by atoms with Crippen molar-refractivity contribution in [1.29, 1.82) is 0 Å². The zero-order valence-corrected chi connectivity index (χ0v) is 16.1. The van der Waals surface area contributed by atoms with Gasteiger partial charge in [0, 0.05) is 24.0 Å². The summed E-state index contributed by atoms with van der Waals surface area (Å²) in [5, 5.41) is 12.3. The Kier molecular flexibility index (Phi) is 5.86. The maximum Gasteiger partial charge on any atom is 0.230 e.